The molecule has 0 aliphatic heterocycles. The van der Waals surface area contributed by atoms with Gasteiger partial charge in [-0.1, -0.05) is 41.5 Å². The summed E-state index contributed by atoms with van der Waals surface area (Å²) in [7, 11) is -2.92. The van der Waals surface area contributed by atoms with E-state index in [1.165, 1.54) is 6.92 Å². The van der Waals surface area contributed by atoms with Crippen LogP contribution in [0.2, 0.25) is 16.1 Å². The van der Waals surface area contributed by atoms with Crippen LogP contribution in [-0.4, -0.2) is 21.0 Å². The molecule has 0 atom stereocenters. The lowest BCUT2D eigenvalue weighted by Gasteiger charge is -2.44. The van der Waals surface area contributed by atoms with Crippen molar-refractivity contribution in [3.63, 3.8) is 0 Å². The average molecular weight is 262 g/mol. The number of carbonyl (C=O) groups excluding carboxylic acids is 1. The molecule has 0 N–H and O–H groups in total. The van der Waals surface area contributed by atoms with E-state index in [0.29, 0.717) is 19.1 Å². The summed E-state index contributed by atoms with van der Waals surface area (Å²) < 4.78 is 20.2. The van der Waals surface area contributed by atoms with Crippen LogP contribution in [0.15, 0.2) is 0 Å². The Morgan fingerprint density at radius 3 is 1.82 bits per heavy atom. The standard InChI is InChI=1S/C13H27FO2Si/c1-11(15)16-9-8-10-17(14,12(2,3)4)13(5,6)7/h8-10H2,1-7H3. The van der Waals surface area contributed by atoms with Crippen LogP contribution in [0.5, 0.6) is 0 Å². The fourth-order valence-corrected chi connectivity index (χ4v) is 6.79. The second-order valence-corrected chi connectivity index (χ2v) is 11.8. The van der Waals surface area contributed by atoms with Gasteiger partial charge in [0, 0.05) is 6.92 Å². The lowest BCUT2D eigenvalue weighted by Crippen LogP contribution is -2.47. The highest BCUT2D eigenvalue weighted by molar-refractivity contribution is 6.78. The summed E-state index contributed by atoms with van der Waals surface area (Å²) in [6.07, 6.45) is 0.622. The maximum atomic E-state index is 15.3. The summed E-state index contributed by atoms with van der Waals surface area (Å²) >= 11 is 0. The van der Waals surface area contributed by atoms with Crippen LogP contribution in [0.4, 0.5) is 4.11 Å². The zero-order valence-electron chi connectivity index (χ0n) is 12.3. The predicted octanol–water partition coefficient (Wildman–Crippen LogP) is 4.45. The molecule has 0 spiro atoms. The minimum Gasteiger partial charge on any atom is -0.466 e. The van der Waals surface area contributed by atoms with E-state index in [4.69, 9.17) is 4.74 Å². The van der Waals surface area contributed by atoms with Gasteiger partial charge in [-0.2, -0.15) is 0 Å². The fourth-order valence-electron chi connectivity index (χ4n) is 2.41. The summed E-state index contributed by atoms with van der Waals surface area (Å²) in [5.41, 5.74) is 0. The maximum absolute atomic E-state index is 15.3. The van der Waals surface area contributed by atoms with Crippen molar-refractivity contribution in [2.24, 2.45) is 0 Å². The quantitative estimate of drug-likeness (QED) is 0.324. The van der Waals surface area contributed by atoms with E-state index in [9.17, 15) is 4.79 Å². The molecule has 0 fully saturated rings. The summed E-state index contributed by atoms with van der Waals surface area (Å²) in [5.74, 6) is -0.289. The highest BCUT2D eigenvalue weighted by Gasteiger charge is 2.54. The Morgan fingerprint density at radius 1 is 1.12 bits per heavy atom. The fraction of sp³-hybridized carbons (Fsp3) is 0.923. The van der Waals surface area contributed by atoms with E-state index in [2.05, 4.69) is 0 Å². The number of hydrogen-bond acceptors (Lipinski definition) is 2. The van der Waals surface area contributed by atoms with E-state index >= 15 is 4.11 Å². The van der Waals surface area contributed by atoms with Gasteiger partial charge in [0.15, 0.2) is 0 Å². The molecule has 0 aromatic rings. The van der Waals surface area contributed by atoms with Crippen LogP contribution in [0.1, 0.15) is 54.9 Å². The van der Waals surface area contributed by atoms with Gasteiger partial charge in [0.2, 0.25) is 0 Å². The maximum Gasteiger partial charge on any atom is 0.302 e. The first-order chi connectivity index (χ1) is 7.42. The Hall–Kier alpha value is -0.383. The van der Waals surface area contributed by atoms with Crippen molar-refractivity contribution >= 4 is 14.4 Å². The van der Waals surface area contributed by atoms with Gasteiger partial charge in [0.25, 0.3) is 8.41 Å². The summed E-state index contributed by atoms with van der Waals surface area (Å²) in [6.45, 7) is 13.6. The molecule has 0 saturated carbocycles. The number of ether oxygens (including phenoxy) is 1. The first kappa shape index (κ1) is 16.6. The molecule has 4 heteroatoms. The van der Waals surface area contributed by atoms with Crippen molar-refractivity contribution in [1.29, 1.82) is 0 Å². The molecule has 0 unspecified atom stereocenters. The van der Waals surface area contributed by atoms with E-state index in [1.54, 1.807) is 0 Å². The second-order valence-electron chi connectivity index (χ2n) is 6.74. The molecule has 0 radical (unpaired) electrons. The van der Waals surface area contributed by atoms with E-state index < -0.39 is 8.41 Å². The molecule has 17 heavy (non-hydrogen) atoms. The molecule has 0 amide bonds. The Balaban J connectivity index is 4.59. The Morgan fingerprint density at radius 2 is 1.53 bits per heavy atom. The van der Waals surface area contributed by atoms with Gasteiger partial charge in [-0.3, -0.25) is 4.79 Å². The van der Waals surface area contributed by atoms with Crippen LogP contribution < -0.4 is 0 Å². The predicted molar refractivity (Wildman–Crippen MR) is 72.3 cm³/mol. The molecule has 0 aromatic carbocycles. The number of rotatable bonds is 4. The largest absolute Gasteiger partial charge is 0.466 e. The summed E-state index contributed by atoms with van der Waals surface area (Å²) in [5, 5.41) is -0.580. The van der Waals surface area contributed by atoms with Crippen molar-refractivity contribution in [3.8, 4) is 0 Å². The first-order valence-corrected chi connectivity index (χ1v) is 8.32. The van der Waals surface area contributed by atoms with Crippen molar-refractivity contribution in [2.45, 2.75) is 71.0 Å². The minimum atomic E-state index is -2.92. The lowest BCUT2D eigenvalue weighted by molar-refractivity contribution is -0.140. The Kier molecular flexibility index (Phi) is 5.38. The zero-order valence-corrected chi connectivity index (χ0v) is 13.3. The average Bonchev–Trinajstić information content (AvgIpc) is 2.07. The minimum absolute atomic E-state index is 0.289. The Bertz CT molecular complexity index is 250. The molecule has 0 heterocycles. The van der Waals surface area contributed by atoms with Gasteiger partial charge in [-0.25, -0.2) is 0 Å². The van der Waals surface area contributed by atoms with Crippen LogP contribution >= 0.6 is 0 Å². The summed E-state index contributed by atoms with van der Waals surface area (Å²) in [6, 6.07) is 0.549. The van der Waals surface area contributed by atoms with Gasteiger partial charge in [-0.15, -0.1) is 0 Å². The van der Waals surface area contributed by atoms with Gasteiger partial charge in [0.1, 0.15) is 0 Å². The third-order valence-corrected chi connectivity index (χ3v) is 9.15. The molecule has 102 valence electrons. The van der Waals surface area contributed by atoms with Crippen molar-refractivity contribution in [1.82, 2.24) is 0 Å². The number of carbonyl (C=O) groups is 1. The molecular formula is C13H27FO2Si. The molecule has 0 rings (SSSR count). The highest BCUT2D eigenvalue weighted by Crippen LogP contribution is 2.54. The van der Waals surface area contributed by atoms with Crippen molar-refractivity contribution in [3.05, 3.63) is 0 Å². The normalized spacial score (nSPS) is 13.6. The van der Waals surface area contributed by atoms with Crippen LogP contribution in [0.25, 0.3) is 0 Å². The smallest absolute Gasteiger partial charge is 0.302 e. The van der Waals surface area contributed by atoms with Crippen molar-refractivity contribution in [2.75, 3.05) is 6.61 Å². The SMILES string of the molecule is CC(=O)OCCC[Si](F)(C(C)(C)C)C(C)(C)C. The molecule has 0 saturated heterocycles. The first-order valence-electron chi connectivity index (χ1n) is 6.24. The number of halogens is 1. The number of esters is 1. The second kappa shape index (κ2) is 5.51. The van der Waals surface area contributed by atoms with Gasteiger partial charge >= 0.3 is 5.97 Å². The van der Waals surface area contributed by atoms with Gasteiger partial charge < -0.3 is 8.84 Å². The van der Waals surface area contributed by atoms with Gasteiger partial charge in [-0.05, 0) is 22.5 Å². The topological polar surface area (TPSA) is 26.3 Å². The van der Waals surface area contributed by atoms with Crippen LogP contribution in [0.3, 0.4) is 0 Å². The van der Waals surface area contributed by atoms with Crippen molar-refractivity contribution < 1.29 is 13.6 Å². The highest BCUT2D eigenvalue weighted by atomic mass is 28.4. The molecular weight excluding hydrogens is 235 g/mol. The third kappa shape index (κ3) is 4.41. The Labute approximate surface area is 106 Å². The molecule has 0 aliphatic carbocycles. The molecule has 0 aliphatic rings. The lowest BCUT2D eigenvalue weighted by atomic mass is 10.2. The third-order valence-electron chi connectivity index (χ3n) is 3.35. The molecule has 0 bridgehead atoms. The monoisotopic (exact) mass is 262 g/mol. The summed E-state index contributed by atoms with van der Waals surface area (Å²) in [4.78, 5) is 10.7. The van der Waals surface area contributed by atoms with Gasteiger partial charge in [0.05, 0.1) is 6.61 Å². The number of hydrogen-bond donors (Lipinski definition) is 0. The zero-order chi connectivity index (χ0) is 13.9. The molecule has 2 nitrogen and oxygen atoms in total. The van der Waals surface area contributed by atoms with E-state index in [0.717, 1.165) is 0 Å². The van der Waals surface area contributed by atoms with Crippen LogP contribution in [-0.2, 0) is 9.53 Å². The van der Waals surface area contributed by atoms with E-state index in [-0.39, 0.29) is 16.0 Å². The van der Waals surface area contributed by atoms with E-state index in [1.807, 2.05) is 41.5 Å². The van der Waals surface area contributed by atoms with Crippen LogP contribution in [0, 0.1) is 0 Å². The molecule has 0 aromatic heterocycles.